The van der Waals surface area contributed by atoms with Gasteiger partial charge in [0.2, 0.25) is 0 Å². The third-order valence-electron chi connectivity index (χ3n) is 2.82. The van der Waals surface area contributed by atoms with Gasteiger partial charge in [0, 0.05) is 17.7 Å². The van der Waals surface area contributed by atoms with E-state index in [9.17, 15) is 13.6 Å². The second kappa shape index (κ2) is 4.46. The molecule has 0 amide bonds. The van der Waals surface area contributed by atoms with Gasteiger partial charge >= 0.3 is 0 Å². The van der Waals surface area contributed by atoms with Gasteiger partial charge in [-0.25, -0.2) is 0 Å². The van der Waals surface area contributed by atoms with E-state index in [1.165, 1.54) is 0 Å². The van der Waals surface area contributed by atoms with Crippen LogP contribution < -0.4 is 0 Å². The number of Topliss-reactive ketones (excluding diaryl/α,β-unsaturated/α-hetero) is 1. The molecule has 0 bridgehead atoms. The zero-order valence-electron chi connectivity index (χ0n) is 8.82. The summed E-state index contributed by atoms with van der Waals surface area (Å²) < 4.78 is 24.5. The maximum atomic E-state index is 12.2. The van der Waals surface area contributed by atoms with Crippen LogP contribution in [0.15, 0.2) is 29.2 Å². The quantitative estimate of drug-likeness (QED) is 0.777. The number of rotatable bonds is 3. The number of ketones is 1. The van der Waals surface area contributed by atoms with Crippen molar-refractivity contribution < 1.29 is 13.6 Å². The van der Waals surface area contributed by atoms with Crippen LogP contribution in [0.5, 0.6) is 0 Å². The van der Waals surface area contributed by atoms with Crippen LogP contribution in [-0.4, -0.2) is 11.5 Å². The molecule has 1 fully saturated rings. The average molecular weight is 253 g/mol. The summed E-state index contributed by atoms with van der Waals surface area (Å²) in [5.74, 6) is -2.44. The molecule has 2 rings (SSSR count). The van der Waals surface area contributed by atoms with Crippen LogP contribution in [0.4, 0.5) is 8.78 Å². The van der Waals surface area contributed by atoms with Crippen molar-refractivity contribution in [2.75, 3.05) is 0 Å². The first kappa shape index (κ1) is 12.1. The summed E-state index contributed by atoms with van der Waals surface area (Å²) in [6.07, 6.45) is 0.374. The summed E-state index contributed by atoms with van der Waals surface area (Å²) in [4.78, 5) is 11.5. The van der Waals surface area contributed by atoms with Crippen LogP contribution >= 0.6 is 11.8 Å². The first-order valence-corrected chi connectivity index (χ1v) is 5.92. The minimum Gasteiger partial charge on any atom is -0.300 e. The SMILES string of the molecule is N#CC1(c2cccc(SC(F)F)c2)CC(=O)C1. The Labute approximate surface area is 102 Å². The van der Waals surface area contributed by atoms with Gasteiger partial charge in [-0.2, -0.15) is 14.0 Å². The lowest BCUT2D eigenvalue weighted by Gasteiger charge is -2.34. The number of carbonyl (C=O) groups excluding carboxylic acids is 1. The molecule has 0 atom stereocenters. The lowest BCUT2D eigenvalue weighted by atomic mass is 9.65. The average Bonchev–Trinajstić information content (AvgIpc) is 2.24. The van der Waals surface area contributed by atoms with Crippen molar-refractivity contribution in [3.05, 3.63) is 29.8 Å². The number of nitriles is 1. The second-order valence-corrected chi connectivity index (χ2v) is 5.06. The van der Waals surface area contributed by atoms with E-state index in [1.807, 2.05) is 0 Å². The molecule has 0 heterocycles. The third kappa shape index (κ3) is 2.32. The molecule has 88 valence electrons. The van der Waals surface area contributed by atoms with Crippen molar-refractivity contribution in [2.45, 2.75) is 28.9 Å². The Bertz CT molecular complexity index is 488. The molecule has 1 saturated carbocycles. The van der Waals surface area contributed by atoms with E-state index < -0.39 is 11.2 Å². The van der Waals surface area contributed by atoms with Gasteiger partial charge in [-0.15, -0.1) is 0 Å². The Balaban J connectivity index is 2.27. The molecule has 0 N–H and O–H groups in total. The van der Waals surface area contributed by atoms with Crippen LogP contribution in [0.25, 0.3) is 0 Å². The van der Waals surface area contributed by atoms with Crippen LogP contribution in [-0.2, 0) is 10.2 Å². The number of hydrogen-bond acceptors (Lipinski definition) is 3. The maximum absolute atomic E-state index is 12.2. The van der Waals surface area contributed by atoms with Gasteiger partial charge in [-0.3, -0.25) is 4.79 Å². The second-order valence-electron chi connectivity index (χ2n) is 3.99. The lowest BCUT2D eigenvalue weighted by molar-refractivity contribution is -0.126. The summed E-state index contributed by atoms with van der Waals surface area (Å²) in [5, 5.41) is 9.12. The number of halogens is 2. The highest BCUT2D eigenvalue weighted by Gasteiger charge is 2.45. The van der Waals surface area contributed by atoms with Gasteiger partial charge in [-0.1, -0.05) is 23.9 Å². The fraction of sp³-hybridized carbons (Fsp3) is 0.333. The Kier molecular flexibility index (Phi) is 3.16. The summed E-state index contributed by atoms with van der Waals surface area (Å²) >= 11 is 0.447. The van der Waals surface area contributed by atoms with Gasteiger partial charge in [0.05, 0.1) is 11.5 Å². The Morgan fingerprint density at radius 1 is 1.41 bits per heavy atom. The first-order chi connectivity index (χ1) is 8.05. The van der Waals surface area contributed by atoms with Crippen molar-refractivity contribution in [2.24, 2.45) is 0 Å². The lowest BCUT2D eigenvalue weighted by Crippen LogP contribution is -2.40. The highest BCUT2D eigenvalue weighted by molar-refractivity contribution is 7.99. The highest BCUT2D eigenvalue weighted by atomic mass is 32.2. The van der Waals surface area contributed by atoms with E-state index in [0.29, 0.717) is 22.2 Å². The molecule has 0 unspecified atom stereocenters. The van der Waals surface area contributed by atoms with E-state index in [2.05, 4.69) is 6.07 Å². The number of thioether (sulfide) groups is 1. The largest absolute Gasteiger partial charge is 0.300 e. The maximum Gasteiger partial charge on any atom is 0.288 e. The standard InChI is InChI=1S/C12H9F2NOS/c13-11(14)17-10-3-1-2-8(4-10)12(7-15)5-9(16)6-12/h1-4,11H,5-6H2. The number of alkyl halides is 2. The van der Waals surface area contributed by atoms with E-state index in [-0.39, 0.29) is 18.6 Å². The number of hydrogen-bond donors (Lipinski definition) is 0. The molecule has 1 aliphatic carbocycles. The van der Waals surface area contributed by atoms with Crippen LogP contribution in [0.3, 0.4) is 0 Å². The van der Waals surface area contributed by atoms with Crippen molar-refractivity contribution in [3.8, 4) is 6.07 Å². The minimum atomic E-state index is -2.48. The van der Waals surface area contributed by atoms with E-state index >= 15 is 0 Å². The summed E-state index contributed by atoms with van der Waals surface area (Å²) in [6.45, 7) is 0. The van der Waals surface area contributed by atoms with Crippen LogP contribution in [0, 0.1) is 11.3 Å². The van der Waals surface area contributed by atoms with Gasteiger partial charge in [0.25, 0.3) is 5.76 Å². The predicted molar refractivity (Wildman–Crippen MR) is 59.8 cm³/mol. The molecule has 5 heteroatoms. The summed E-state index contributed by atoms with van der Waals surface area (Å²) in [6, 6.07) is 8.63. The normalized spacial score (nSPS) is 17.6. The molecular weight excluding hydrogens is 244 g/mol. The van der Waals surface area contributed by atoms with Crippen molar-refractivity contribution in [3.63, 3.8) is 0 Å². The molecule has 0 aromatic heterocycles. The predicted octanol–water partition coefficient (Wildman–Crippen LogP) is 3.13. The monoisotopic (exact) mass is 253 g/mol. The van der Waals surface area contributed by atoms with Crippen molar-refractivity contribution >= 4 is 17.5 Å². The molecule has 2 nitrogen and oxygen atoms in total. The van der Waals surface area contributed by atoms with Gasteiger partial charge in [0.1, 0.15) is 5.78 Å². The van der Waals surface area contributed by atoms with E-state index in [1.54, 1.807) is 24.3 Å². The Hall–Kier alpha value is -1.41. The van der Waals surface area contributed by atoms with Crippen molar-refractivity contribution in [1.29, 1.82) is 5.26 Å². The smallest absolute Gasteiger partial charge is 0.288 e. The molecule has 1 aromatic carbocycles. The number of carbonyl (C=O) groups is 1. The first-order valence-electron chi connectivity index (χ1n) is 5.04. The minimum absolute atomic E-state index is 0.0402. The fourth-order valence-electron chi connectivity index (χ4n) is 1.94. The Morgan fingerprint density at radius 2 is 2.12 bits per heavy atom. The molecular formula is C12H9F2NOS. The van der Waals surface area contributed by atoms with Crippen molar-refractivity contribution in [1.82, 2.24) is 0 Å². The van der Waals surface area contributed by atoms with E-state index in [4.69, 9.17) is 5.26 Å². The molecule has 17 heavy (non-hydrogen) atoms. The number of benzene rings is 1. The third-order valence-corrected chi connectivity index (χ3v) is 3.53. The summed E-state index contributed by atoms with van der Waals surface area (Å²) in [5.41, 5.74) is -0.138. The number of nitrogens with zero attached hydrogens (tertiary/aromatic N) is 1. The van der Waals surface area contributed by atoms with Gasteiger partial charge < -0.3 is 0 Å². The molecule has 0 saturated heterocycles. The topological polar surface area (TPSA) is 40.9 Å². The molecule has 0 radical (unpaired) electrons. The summed E-state index contributed by atoms with van der Waals surface area (Å²) in [7, 11) is 0. The molecule has 0 aliphatic heterocycles. The van der Waals surface area contributed by atoms with Crippen LogP contribution in [0.2, 0.25) is 0 Å². The molecule has 1 aliphatic rings. The molecule has 1 aromatic rings. The van der Waals surface area contributed by atoms with Gasteiger partial charge in [-0.05, 0) is 17.7 Å². The Morgan fingerprint density at radius 3 is 2.65 bits per heavy atom. The van der Waals surface area contributed by atoms with E-state index in [0.717, 1.165) is 0 Å². The highest BCUT2D eigenvalue weighted by Crippen LogP contribution is 2.41. The fourth-order valence-corrected chi connectivity index (χ4v) is 2.50. The molecule has 0 spiro atoms. The zero-order valence-corrected chi connectivity index (χ0v) is 9.64. The van der Waals surface area contributed by atoms with Gasteiger partial charge in [0.15, 0.2) is 0 Å². The zero-order chi connectivity index (χ0) is 12.5. The van der Waals surface area contributed by atoms with Crippen LogP contribution in [0.1, 0.15) is 18.4 Å².